The van der Waals surface area contributed by atoms with E-state index in [1.54, 1.807) is 24.3 Å². The zero-order chi connectivity index (χ0) is 13.6. The Hall–Kier alpha value is -1.06. The summed E-state index contributed by atoms with van der Waals surface area (Å²) in [6, 6.07) is 6.77. The summed E-state index contributed by atoms with van der Waals surface area (Å²) in [4.78, 5) is 11.8. The first kappa shape index (κ1) is 15.0. The van der Waals surface area contributed by atoms with Crippen LogP contribution in [0.1, 0.15) is 37.6 Å². The number of hydrogen-bond acceptors (Lipinski definition) is 3. The average molecular weight is 270 g/mol. The Kier molecular flexibility index (Phi) is 5.63. The average Bonchev–Trinajstić information content (AvgIpc) is 2.34. The molecule has 1 aromatic carbocycles. The summed E-state index contributed by atoms with van der Waals surface area (Å²) in [6.07, 6.45) is 1.05. The Morgan fingerprint density at radius 1 is 1.44 bits per heavy atom. The van der Waals surface area contributed by atoms with E-state index < -0.39 is 0 Å². The lowest BCUT2D eigenvalue weighted by atomic mass is 10.1. The van der Waals surface area contributed by atoms with Crippen LogP contribution in [0, 0.1) is 0 Å². The van der Waals surface area contributed by atoms with Crippen molar-refractivity contribution in [2.45, 2.75) is 32.7 Å². The van der Waals surface area contributed by atoms with Gasteiger partial charge in [0, 0.05) is 10.6 Å². The van der Waals surface area contributed by atoms with Crippen molar-refractivity contribution in [2.24, 2.45) is 0 Å². The van der Waals surface area contributed by atoms with Crippen LogP contribution in [0.15, 0.2) is 24.3 Å². The van der Waals surface area contributed by atoms with Crippen LogP contribution in [-0.2, 0) is 4.74 Å². The molecule has 100 valence electrons. The number of benzene rings is 1. The van der Waals surface area contributed by atoms with Crippen LogP contribution in [0.25, 0.3) is 0 Å². The molecule has 0 amide bonds. The zero-order valence-corrected chi connectivity index (χ0v) is 11.9. The lowest BCUT2D eigenvalue weighted by Gasteiger charge is -2.25. The van der Waals surface area contributed by atoms with Crippen molar-refractivity contribution in [1.82, 2.24) is 5.32 Å². The van der Waals surface area contributed by atoms with Gasteiger partial charge >= 0.3 is 5.97 Å². The molecule has 0 aromatic heterocycles. The Morgan fingerprint density at radius 2 is 2.17 bits per heavy atom. The maximum Gasteiger partial charge on any atom is 0.338 e. The van der Waals surface area contributed by atoms with Crippen LogP contribution in [0.5, 0.6) is 0 Å². The molecule has 0 aliphatic heterocycles. The quantitative estimate of drug-likeness (QED) is 0.806. The first-order chi connectivity index (χ1) is 8.44. The second kappa shape index (κ2) is 6.76. The molecule has 0 atom stereocenters. The Labute approximate surface area is 113 Å². The molecule has 0 saturated heterocycles. The van der Waals surface area contributed by atoms with Gasteiger partial charge in [0.1, 0.15) is 6.61 Å². The predicted molar refractivity (Wildman–Crippen MR) is 74.1 cm³/mol. The van der Waals surface area contributed by atoms with Crippen molar-refractivity contribution in [2.75, 3.05) is 13.2 Å². The van der Waals surface area contributed by atoms with Gasteiger partial charge in [-0.25, -0.2) is 4.79 Å². The minimum atomic E-state index is -0.344. The van der Waals surface area contributed by atoms with E-state index in [1.807, 2.05) is 13.8 Å². The van der Waals surface area contributed by atoms with Crippen LogP contribution in [0.3, 0.4) is 0 Å². The van der Waals surface area contributed by atoms with Crippen LogP contribution < -0.4 is 5.32 Å². The first-order valence-electron chi connectivity index (χ1n) is 6.12. The van der Waals surface area contributed by atoms with Crippen LogP contribution in [-0.4, -0.2) is 24.7 Å². The van der Waals surface area contributed by atoms with Crippen molar-refractivity contribution in [3.05, 3.63) is 34.9 Å². The maximum absolute atomic E-state index is 11.8. The summed E-state index contributed by atoms with van der Waals surface area (Å²) in [5.74, 6) is -0.344. The fraction of sp³-hybridized carbons (Fsp3) is 0.500. The van der Waals surface area contributed by atoms with E-state index in [-0.39, 0.29) is 11.5 Å². The third-order valence-electron chi connectivity index (χ3n) is 2.48. The molecular weight excluding hydrogens is 250 g/mol. The number of halogens is 1. The molecule has 0 unspecified atom stereocenters. The Balaban J connectivity index is 2.50. The topological polar surface area (TPSA) is 38.3 Å². The van der Waals surface area contributed by atoms with E-state index in [0.29, 0.717) is 17.2 Å². The van der Waals surface area contributed by atoms with E-state index >= 15 is 0 Å². The van der Waals surface area contributed by atoms with Crippen molar-refractivity contribution in [3.63, 3.8) is 0 Å². The molecule has 1 N–H and O–H groups in total. The van der Waals surface area contributed by atoms with E-state index in [1.165, 1.54) is 0 Å². The van der Waals surface area contributed by atoms with E-state index in [0.717, 1.165) is 13.0 Å². The third kappa shape index (κ3) is 5.07. The highest BCUT2D eigenvalue weighted by molar-refractivity contribution is 6.30. The minimum absolute atomic E-state index is 0.218. The predicted octanol–water partition coefficient (Wildman–Crippen LogP) is 3.28. The number of ether oxygens (including phenoxy) is 1. The summed E-state index contributed by atoms with van der Waals surface area (Å²) in [5.41, 5.74) is 0.262. The number of nitrogens with one attached hydrogen (secondary N) is 1. The first-order valence-corrected chi connectivity index (χ1v) is 6.50. The zero-order valence-electron chi connectivity index (χ0n) is 11.1. The highest BCUT2D eigenvalue weighted by Crippen LogP contribution is 2.12. The third-order valence-corrected chi connectivity index (χ3v) is 2.71. The van der Waals surface area contributed by atoms with Crippen LogP contribution in [0.4, 0.5) is 0 Å². The van der Waals surface area contributed by atoms with Crippen molar-refractivity contribution >= 4 is 17.6 Å². The summed E-state index contributed by atoms with van der Waals surface area (Å²) in [5, 5.41) is 3.86. The van der Waals surface area contributed by atoms with Gasteiger partial charge in [0.25, 0.3) is 0 Å². The summed E-state index contributed by atoms with van der Waals surface area (Å²) in [7, 11) is 0. The molecule has 1 rings (SSSR count). The highest BCUT2D eigenvalue weighted by Gasteiger charge is 2.19. The molecule has 1 aromatic rings. The number of carbonyl (C=O) groups is 1. The molecule has 3 nitrogen and oxygen atoms in total. The van der Waals surface area contributed by atoms with Crippen molar-refractivity contribution in [1.29, 1.82) is 0 Å². The SMILES string of the molecule is CCCNC(C)(C)COC(=O)c1cccc(Cl)c1. The second-order valence-corrected chi connectivity index (χ2v) is 5.33. The Bertz CT molecular complexity index is 405. The molecule has 0 aliphatic carbocycles. The van der Waals surface area contributed by atoms with Gasteiger partial charge < -0.3 is 10.1 Å². The summed E-state index contributed by atoms with van der Waals surface area (Å²) < 4.78 is 5.28. The number of rotatable bonds is 6. The lowest BCUT2D eigenvalue weighted by Crippen LogP contribution is -2.44. The largest absolute Gasteiger partial charge is 0.460 e. The van der Waals surface area contributed by atoms with Crippen molar-refractivity contribution < 1.29 is 9.53 Å². The van der Waals surface area contributed by atoms with Gasteiger partial charge in [-0.2, -0.15) is 0 Å². The number of carbonyl (C=O) groups excluding carboxylic acids is 1. The number of hydrogen-bond donors (Lipinski definition) is 1. The van der Waals surface area contributed by atoms with E-state index in [4.69, 9.17) is 16.3 Å². The van der Waals surface area contributed by atoms with Gasteiger partial charge in [0.2, 0.25) is 0 Å². The second-order valence-electron chi connectivity index (χ2n) is 4.90. The molecule has 0 radical (unpaired) electrons. The molecule has 0 heterocycles. The van der Waals surface area contributed by atoms with Gasteiger partial charge in [0.15, 0.2) is 0 Å². The van der Waals surface area contributed by atoms with Gasteiger partial charge in [-0.3, -0.25) is 0 Å². The van der Waals surface area contributed by atoms with E-state index in [9.17, 15) is 4.79 Å². The molecule has 0 fully saturated rings. The van der Waals surface area contributed by atoms with Gasteiger partial charge in [-0.1, -0.05) is 24.6 Å². The number of esters is 1. The van der Waals surface area contributed by atoms with Gasteiger partial charge in [-0.05, 0) is 45.0 Å². The highest BCUT2D eigenvalue weighted by atomic mass is 35.5. The summed E-state index contributed by atoms with van der Waals surface area (Å²) >= 11 is 5.83. The van der Waals surface area contributed by atoms with E-state index in [2.05, 4.69) is 12.2 Å². The molecule has 4 heteroatoms. The van der Waals surface area contributed by atoms with Gasteiger partial charge in [-0.15, -0.1) is 0 Å². The van der Waals surface area contributed by atoms with Crippen molar-refractivity contribution in [3.8, 4) is 0 Å². The maximum atomic E-state index is 11.8. The molecule has 0 saturated carbocycles. The monoisotopic (exact) mass is 269 g/mol. The standard InChI is InChI=1S/C14H20ClNO2/c1-4-8-16-14(2,3)10-18-13(17)11-6-5-7-12(15)9-11/h5-7,9,16H,4,8,10H2,1-3H3. The fourth-order valence-electron chi connectivity index (χ4n) is 1.46. The molecule has 0 bridgehead atoms. The normalized spacial score (nSPS) is 11.3. The lowest BCUT2D eigenvalue weighted by molar-refractivity contribution is 0.0401. The van der Waals surface area contributed by atoms with Crippen LogP contribution >= 0.6 is 11.6 Å². The fourth-order valence-corrected chi connectivity index (χ4v) is 1.65. The minimum Gasteiger partial charge on any atom is -0.460 e. The molecular formula is C14H20ClNO2. The molecule has 0 aliphatic rings. The van der Waals surface area contributed by atoms with Gasteiger partial charge in [0.05, 0.1) is 5.56 Å². The summed E-state index contributed by atoms with van der Waals surface area (Å²) in [6.45, 7) is 7.35. The molecule has 18 heavy (non-hydrogen) atoms. The molecule has 0 spiro atoms. The smallest absolute Gasteiger partial charge is 0.338 e. The Morgan fingerprint density at radius 3 is 2.78 bits per heavy atom. The van der Waals surface area contributed by atoms with Crippen LogP contribution in [0.2, 0.25) is 5.02 Å².